The van der Waals surface area contributed by atoms with E-state index in [0.29, 0.717) is 6.04 Å². The Morgan fingerprint density at radius 2 is 1.75 bits per heavy atom. The molecule has 5 atom stereocenters. The van der Waals surface area contributed by atoms with E-state index in [1.807, 2.05) is 27.7 Å². The molecule has 0 radical (unpaired) electrons. The average molecular weight is 452 g/mol. The summed E-state index contributed by atoms with van der Waals surface area (Å²) < 4.78 is 0. The number of likely N-dealkylation sites (N-methyl/N-ethyl adjacent to an activating group) is 1. The summed E-state index contributed by atoms with van der Waals surface area (Å²) in [7, 11) is 1.71. The smallest absolute Gasteiger partial charge is 0.331 e. The largest absolute Gasteiger partial charge is 0.478 e. The quantitative estimate of drug-likeness (QED) is 0.468. The van der Waals surface area contributed by atoms with Gasteiger partial charge in [-0.1, -0.05) is 53.5 Å². The molecule has 1 heterocycles. The summed E-state index contributed by atoms with van der Waals surface area (Å²) in [5.74, 6) is -1.25. The number of nitrogens with one attached hydrogen (secondary N) is 1. The number of nitrogens with zero attached hydrogens (tertiary/aromatic N) is 2. The number of carboxylic acids is 1. The Balaban J connectivity index is 3.10. The fourth-order valence-corrected chi connectivity index (χ4v) is 4.35. The van der Waals surface area contributed by atoms with Crippen LogP contribution < -0.4 is 5.32 Å². The number of hydrogen-bond acceptors (Lipinski definition) is 4. The van der Waals surface area contributed by atoms with Gasteiger partial charge in [-0.2, -0.15) is 0 Å². The summed E-state index contributed by atoms with van der Waals surface area (Å²) in [6.07, 6.45) is 6.34. The van der Waals surface area contributed by atoms with Crippen LogP contribution in [0.1, 0.15) is 80.6 Å². The van der Waals surface area contributed by atoms with Gasteiger partial charge in [-0.05, 0) is 51.5 Å². The Bertz CT molecular complexity index is 676. The minimum absolute atomic E-state index is 0.0807. The van der Waals surface area contributed by atoms with Crippen LogP contribution >= 0.6 is 0 Å². The van der Waals surface area contributed by atoms with Crippen LogP contribution in [0.4, 0.5) is 0 Å². The Morgan fingerprint density at radius 1 is 1.12 bits per heavy atom. The number of aliphatic carboxylic acids is 1. The first-order valence-corrected chi connectivity index (χ1v) is 12.2. The Hall–Kier alpha value is -1.89. The molecule has 0 saturated carbocycles. The highest BCUT2D eigenvalue weighted by Crippen LogP contribution is 2.23. The number of carbonyl (C=O) groups is 3. The van der Waals surface area contributed by atoms with Crippen LogP contribution in [0.3, 0.4) is 0 Å². The first-order valence-electron chi connectivity index (χ1n) is 12.2. The van der Waals surface area contributed by atoms with Crippen LogP contribution in [0.15, 0.2) is 11.6 Å². The third-order valence-electron chi connectivity index (χ3n) is 7.01. The van der Waals surface area contributed by atoms with Gasteiger partial charge in [-0.15, -0.1) is 0 Å². The van der Waals surface area contributed by atoms with E-state index in [4.69, 9.17) is 0 Å². The van der Waals surface area contributed by atoms with Crippen LogP contribution in [0.2, 0.25) is 0 Å². The van der Waals surface area contributed by atoms with Gasteiger partial charge >= 0.3 is 5.97 Å². The first-order chi connectivity index (χ1) is 15.0. The second-order valence-corrected chi connectivity index (χ2v) is 9.72. The zero-order valence-electron chi connectivity index (χ0n) is 21.4. The number of carboxylic acid groups (broad SMARTS) is 1. The second-order valence-electron chi connectivity index (χ2n) is 9.72. The molecule has 1 fully saturated rings. The minimum atomic E-state index is -0.990. The van der Waals surface area contributed by atoms with Crippen molar-refractivity contribution in [2.75, 3.05) is 13.6 Å². The molecule has 0 aromatic heterocycles. The fourth-order valence-electron chi connectivity index (χ4n) is 4.35. The van der Waals surface area contributed by atoms with Crippen LogP contribution in [0.25, 0.3) is 0 Å². The molecule has 1 aliphatic heterocycles. The predicted octanol–water partition coefficient (Wildman–Crippen LogP) is 3.68. The van der Waals surface area contributed by atoms with E-state index < -0.39 is 12.0 Å². The van der Waals surface area contributed by atoms with E-state index in [1.165, 1.54) is 0 Å². The van der Waals surface area contributed by atoms with Crippen LogP contribution in [-0.4, -0.2) is 70.4 Å². The number of likely N-dealkylation sites (tertiary alicyclic amines) is 1. The van der Waals surface area contributed by atoms with Crippen LogP contribution in [0.5, 0.6) is 0 Å². The SMILES string of the molecule is CCC(C)N1CCCC[C@@H]1C(=O)N[C@H](C(=O)N(C)[C@H](C=C(C)C(=O)O)[C@@H](C)CC)C(C)C. The first kappa shape index (κ1) is 28.1. The maximum Gasteiger partial charge on any atom is 0.331 e. The lowest BCUT2D eigenvalue weighted by Crippen LogP contribution is -2.59. The normalized spacial score (nSPS) is 21.5. The van der Waals surface area contributed by atoms with Crippen LogP contribution in [-0.2, 0) is 14.4 Å². The van der Waals surface area contributed by atoms with Crippen molar-refractivity contribution in [2.24, 2.45) is 11.8 Å². The van der Waals surface area contributed by atoms with E-state index in [1.54, 1.807) is 24.9 Å². The van der Waals surface area contributed by atoms with Crippen molar-refractivity contribution in [3.05, 3.63) is 11.6 Å². The highest BCUT2D eigenvalue weighted by Gasteiger charge is 2.36. The van der Waals surface area contributed by atoms with E-state index >= 15 is 0 Å². The molecule has 0 spiro atoms. The van der Waals surface area contributed by atoms with Crippen molar-refractivity contribution < 1.29 is 19.5 Å². The zero-order valence-corrected chi connectivity index (χ0v) is 21.4. The molecule has 0 bridgehead atoms. The molecule has 7 nitrogen and oxygen atoms in total. The summed E-state index contributed by atoms with van der Waals surface area (Å²) in [5, 5.41) is 12.4. The molecule has 0 aromatic carbocycles. The van der Waals surface area contributed by atoms with E-state index in [-0.39, 0.29) is 41.3 Å². The van der Waals surface area contributed by atoms with Crippen LogP contribution in [0, 0.1) is 11.8 Å². The van der Waals surface area contributed by atoms with Crippen molar-refractivity contribution in [3.63, 3.8) is 0 Å². The molecule has 32 heavy (non-hydrogen) atoms. The average Bonchev–Trinajstić information content (AvgIpc) is 2.78. The third kappa shape index (κ3) is 7.32. The Morgan fingerprint density at radius 3 is 2.25 bits per heavy atom. The van der Waals surface area contributed by atoms with Crippen molar-refractivity contribution in [1.82, 2.24) is 15.1 Å². The van der Waals surface area contributed by atoms with Gasteiger partial charge in [0.25, 0.3) is 0 Å². The standard InChI is InChI=1S/C25H45N3O4/c1-9-17(5)21(15-18(6)25(31)32)27(8)24(30)22(16(3)4)26-23(29)20-13-11-12-14-28(20)19(7)10-2/h15-17,19-22H,9-14H2,1-8H3,(H,26,29)(H,31,32)/t17-,19?,20+,21+,22-/m0/s1. The topological polar surface area (TPSA) is 90.0 Å². The molecule has 2 N–H and O–H groups in total. The van der Waals surface area contributed by atoms with Gasteiger partial charge in [-0.25, -0.2) is 4.79 Å². The van der Waals surface area contributed by atoms with Crippen molar-refractivity contribution in [3.8, 4) is 0 Å². The molecule has 0 aromatic rings. The Labute approximate surface area is 194 Å². The van der Waals surface area contributed by atoms with Gasteiger partial charge in [0.2, 0.25) is 11.8 Å². The van der Waals surface area contributed by atoms with E-state index in [9.17, 15) is 19.5 Å². The van der Waals surface area contributed by atoms with Crippen molar-refractivity contribution in [2.45, 2.75) is 105 Å². The summed E-state index contributed by atoms with van der Waals surface area (Å²) >= 11 is 0. The zero-order chi connectivity index (χ0) is 24.6. The lowest BCUT2D eigenvalue weighted by Gasteiger charge is -2.40. The molecular formula is C25H45N3O4. The molecule has 1 unspecified atom stereocenters. The maximum absolute atomic E-state index is 13.5. The second kappa shape index (κ2) is 13.0. The lowest BCUT2D eigenvalue weighted by atomic mass is 9.93. The van der Waals surface area contributed by atoms with Gasteiger partial charge in [-0.3, -0.25) is 14.5 Å². The predicted molar refractivity (Wildman–Crippen MR) is 128 cm³/mol. The number of amides is 2. The highest BCUT2D eigenvalue weighted by atomic mass is 16.4. The van der Waals surface area contributed by atoms with E-state index in [2.05, 4.69) is 24.1 Å². The lowest BCUT2D eigenvalue weighted by molar-refractivity contribution is -0.140. The number of hydrogen-bond donors (Lipinski definition) is 2. The van der Waals surface area contributed by atoms with Crippen molar-refractivity contribution >= 4 is 17.8 Å². The van der Waals surface area contributed by atoms with Gasteiger partial charge < -0.3 is 15.3 Å². The molecule has 0 aliphatic carbocycles. The highest BCUT2D eigenvalue weighted by molar-refractivity contribution is 5.90. The van der Waals surface area contributed by atoms with Gasteiger partial charge in [0.15, 0.2) is 0 Å². The van der Waals surface area contributed by atoms with Gasteiger partial charge in [0, 0.05) is 18.7 Å². The summed E-state index contributed by atoms with van der Waals surface area (Å²) in [5.41, 5.74) is 0.214. The third-order valence-corrected chi connectivity index (χ3v) is 7.01. The summed E-state index contributed by atoms with van der Waals surface area (Å²) in [6, 6.07) is -0.898. The molecule has 1 saturated heterocycles. The van der Waals surface area contributed by atoms with Crippen molar-refractivity contribution in [1.29, 1.82) is 0 Å². The van der Waals surface area contributed by atoms with Gasteiger partial charge in [0.05, 0.1) is 12.1 Å². The van der Waals surface area contributed by atoms with E-state index in [0.717, 1.165) is 38.6 Å². The summed E-state index contributed by atoms with van der Waals surface area (Å²) in [4.78, 5) is 42.1. The molecule has 1 rings (SSSR count). The molecule has 7 heteroatoms. The fraction of sp³-hybridized carbons (Fsp3) is 0.800. The molecule has 1 aliphatic rings. The molecule has 184 valence electrons. The minimum Gasteiger partial charge on any atom is -0.478 e. The monoisotopic (exact) mass is 451 g/mol. The Kier molecular flexibility index (Phi) is 11.4. The van der Waals surface area contributed by atoms with Gasteiger partial charge in [0.1, 0.15) is 6.04 Å². The number of piperidine rings is 1. The maximum atomic E-state index is 13.5. The number of rotatable bonds is 11. The number of carbonyl (C=O) groups excluding carboxylic acids is 2. The molecule has 2 amide bonds. The summed E-state index contributed by atoms with van der Waals surface area (Å²) in [6.45, 7) is 14.6. The molecular weight excluding hydrogens is 406 g/mol.